The van der Waals surface area contributed by atoms with Gasteiger partial charge in [0.15, 0.2) is 0 Å². The maximum atomic E-state index is 11.4. The van der Waals surface area contributed by atoms with Crippen LogP contribution in [-0.4, -0.2) is 39.4 Å². The largest absolute Gasteiger partial charge is 0.481 e. The standard InChI is InChI=1S/C15H20N2O3/c1-3-11-20-14-6-4-13(5-7-14)8-9-16-15(18)17-10-12-19-2/h1,4-7H,8-12H2,2H3,(H2,16,17,18). The highest BCUT2D eigenvalue weighted by molar-refractivity contribution is 5.73. The molecule has 108 valence electrons. The van der Waals surface area contributed by atoms with Gasteiger partial charge in [-0.3, -0.25) is 0 Å². The van der Waals surface area contributed by atoms with E-state index in [1.54, 1.807) is 7.11 Å². The lowest BCUT2D eigenvalue weighted by atomic mass is 10.1. The highest BCUT2D eigenvalue weighted by Gasteiger charge is 1.99. The van der Waals surface area contributed by atoms with Crippen molar-refractivity contribution >= 4 is 6.03 Å². The summed E-state index contributed by atoms with van der Waals surface area (Å²) in [6.07, 6.45) is 5.87. The van der Waals surface area contributed by atoms with Gasteiger partial charge < -0.3 is 20.1 Å². The average molecular weight is 276 g/mol. The van der Waals surface area contributed by atoms with Crippen LogP contribution in [0.5, 0.6) is 5.75 Å². The van der Waals surface area contributed by atoms with Gasteiger partial charge in [-0.25, -0.2) is 4.79 Å². The van der Waals surface area contributed by atoms with Crippen molar-refractivity contribution in [3.63, 3.8) is 0 Å². The summed E-state index contributed by atoms with van der Waals surface area (Å²) in [5, 5.41) is 5.46. The van der Waals surface area contributed by atoms with E-state index in [-0.39, 0.29) is 12.6 Å². The van der Waals surface area contributed by atoms with Crippen LogP contribution in [0.15, 0.2) is 24.3 Å². The Morgan fingerprint density at radius 2 is 1.95 bits per heavy atom. The van der Waals surface area contributed by atoms with Crippen molar-refractivity contribution in [3.05, 3.63) is 29.8 Å². The Kier molecular flexibility index (Phi) is 7.70. The summed E-state index contributed by atoms with van der Waals surface area (Å²) in [6.45, 7) is 1.85. The molecule has 0 aliphatic rings. The molecule has 2 N–H and O–H groups in total. The van der Waals surface area contributed by atoms with E-state index < -0.39 is 0 Å². The summed E-state index contributed by atoms with van der Waals surface area (Å²) in [7, 11) is 1.59. The molecule has 0 bridgehead atoms. The Morgan fingerprint density at radius 1 is 1.25 bits per heavy atom. The molecule has 0 aliphatic heterocycles. The third-order valence-corrected chi connectivity index (χ3v) is 2.54. The van der Waals surface area contributed by atoms with Crippen molar-refractivity contribution < 1.29 is 14.3 Å². The molecule has 0 saturated carbocycles. The normalized spacial score (nSPS) is 9.60. The third kappa shape index (κ3) is 6.66. The summed E-state index contributed by atoms with van der Waals surface area (Å²) >= 11 is 0. The van der Waals surface area contributed by atoms with Gasteiger partial charge in [-0.15, -0.1) is 6.42 Å². The molecule has 0 saturated heterocycles. The first-order valence-electron chi connectivity index (χ1n) is 6.42. The van der Waals surface area contributed by atoms with Gasteiger partial charge in [-0.1, -0.05) is 18.1 Å². The molecule has 1 rings (SSSR count). The fourth-order valence-corrected chi connectivity index (χ4v) is 1.53. The number of benzene rings is 1. The zero-order valence-electron chi connectivity index (χ0n) is 11.6. The maximum absolute atomic E-state index is 11.4. The number of nitrogens with one attached hydrogen (secondary N) is 2. The molecular weight excluding hydrogens is 256 g/mol. The second kappa shape index (κ2) is 9.70. The minimum absolute atomic E-state index is 0.184. The topological polar surface area (TPSA) is 59.6 Å². The lowest BCUT2D eigenvalue weighted by Gasteiger charge is -2.08. The molecule has 0 radical (unpaired) electrons. The monoisotopic (exact) mass is 276 g/mol. The van der Waals surface area contributed by atoms with E-state index in [0.29, 0.717) is 19.7 Å². The van der Waals surface area contributed by atoms with Crippen LogP contribution in [0, 0.1) is 12.3 Å². The minimum atomic E-state index is -0.184. The van der Waals surface area contributed by atoms with E-state index in [9.17, 15) is 4.79 Å². The number of rotatable bonds is 8. The number of urea groups is 1. The molecule has 5 nitrogen and oxygen atoms in total. The van der Waals surface area contributed by atoms with E-state index in [0.717, 1.165) is 17.7 Å². The van der Waals surface area contributed by atoms with E-state index in [1.807, 2.05) is 24.3 Å². The van der Waals surface area contributed by atoms with Crippen molar-refractivity contribution in [2.45, 2.75) is 6.42 Å². The molecule has 1 aromatic carbocycles. The molecule has 0 spiro atoms. The first kappa shape index (κ1) is 15.9. The maximum Gasteiger partial charge on any atom is 0.314 e. The van der Waals surface area contributed by atoms with Gasteiger partial charge in [-0.2, -0.15) is 0 Å². The molecule has 5 heteroatoms. The van der Waals surface area contributed by atoms with Gasteiger partial charge >= 0.3 is 6.03 Å². The van der Waals surface area contributed by atoms with Crippen molar-refractivity contribution in [2.75, 3.05) is 33.4 Å². The molecule has 0 fully saturated rings. The molecule has 20 heavy (non-hydrogen) atoms. The first-order chi connectivity index (χ1) is 9.76. The van der Waals surface area contributed by atoms with Crippen molar-refractivity contribution in [3.8, 4) is 18.1 Å². The number of hydrogen-bond donors (Lipinski definition) is 2. The molecule has 0 aliphatic carbocycles. The number of ether oxygens (including phenoxy) is 2. The fourth-order valence-electron chi connectivity index (χ4n) is 1.53. The van der Waals surface area contributed by atoms with Crippen molar-refractivity contribution in [2.24, 2.45) is 0 Å². The molecule has 0 atom stereocenters. The molecular formula is C15H20N2O3. The number of amides is 2. The van der Waals surface area contributed by atoms with Crippen molar-refractivity contribution in [1.29, 1.82) is 0 Å². The number of methoxy groups -OCH3 is 1. The van der Waals surface area contributed by atoms with Crippen LogP contribution in [-0.2, 0) is 11.2 Å². The van der Waals surface area contributed by atoms with Crippen molar-refractivity contribution in [1.82, 2.24) is 10.6 Å². The summed E-state index contributed by atoms with van der Waals surface area (Å²) in [5.41, 5.74) is 1.12. The minimum Gasteiger partial charge on any atom is -0.481 e. The lowest BCUT2D eigenvalue weighted by molar-refractivity contribution is 0.196. The fraction of sp³-hybridized carbons (Fsp3) is 0.400. The second-order valence-electron chi connectivity index (χ2n) is 4.06. The summed E-state index contributed by atoms with van der Waals surface area (Å²) < 4.78 is 10.1. The molecule has 0 unspecified atom stereocenters. The summed E-state index contributed by atoms with van der Waals surface area (Å²) in [4.78, 5) is 11.4. The van der Waals surface area contributed by atoms with Crippen LogP contribution >= 0.6 is 0 Å². The van der Waals surface area contributed by atoms with Gasteiger partial charge in [0, 0.05) is 20.2 Å². The lowest BCUT2D eigenvalue weighted by Crippen LogP contribution is -2.38. The molecule has 0 heterocycles. The number of hydrogen-bond acceptors (Lipinski definition) is 3. The quantitative estimate of drug-likeness (QED) is 0.554. The van der Waals surface area contributed by atoms with E-state index in [4.69, 9.17) is 15.9 Å². The van der Waals surface area contributed by atoms with E-state index in [1.165, 1.54) is 0 Å². The van der Waals surface area contributed by atoms with Crippen LogP contribution < -0.4 is 15.4 Å². The SMILES string of the molecule is C#CCOc1ccc(CCNC(=O)NCCOC)cc1. The third-order valence-electron chi connectivity index (χ3n) is 2.54. The van der Waals surface area contributed by atoms with Gasteiger partial charge in [0.1, 0.15) is 12.4 Å². The Hall–Kier alpha value is -2.19. The Balaban J connectivity index is 2.21. The van der Waals surface area contributed by atoms with Gasteiger partial charge in [0.25, 0.3) is 0 Å². The Morgan fingerprint density at radius 3 is 2.60 bits per heavy atom. The number of carbonyl (C=O) groups is 1. The second-order valence-corrected chi connectivity index (χ2v) is 4.06. The van der Waals surface area contributed by atoms with E-state index in [2.05, 4.69) is 16.6 Å². The van der Waals surface area contributed by atoms with Gasteiger partial charge in [0.2, 0.25) is 0 Å². The predicted molar refractivity (Wildman–Crippen MR) is 77.8 cm³/mol. The summed E-state index contributed by atoms with van der Waals surface area (Å²) in [6, 6.07) is 7.46. The highest BCUT2D eigenvalue weighted by Crippen LogP contribution is 2.12. The van der Waals surface area contributed by atoms with Crippen LogP contribution in [0.1, 0.15) is 5.56 Å². The Bertz CT molecular complexity index is 437. The highest BCUT2D eigenvalue weighted by atomic mass is 16.5. The van der Waals surface area contributed by atoms with Gasteiger partial charge in [0.05, 0.1) is 6.61 Å². The zero-order valence-corrected chi connectivity index (χ0v) is 11.6. The summed E-state index contributed by atoms with van der Waals surface area (Å²) in [5.74, 6) is 3.16. The smallest absolute Gasteiger partial charge is 0.314 e. The van der Waals surface area contributed by atoms with Crippen LogP contribution in [0.4, 0.5) is 4.79 Å². The molecule has 1 aromatic rings. The molecule has 0 aromatic heterocycles. The zero-order chi connectivity index (χ0) is 14.6. The molecule has 2 amide bonds. The average Bonchev–Trinajstić information content (AvgIpc) is 2.47. The van der Waals surface area contributed by atoms with E-state index >= 15 is 0 Å². The van der Waals surface area contributed by atoms with Gasteiger partial charge in [-0.05, 0) is 24.1 Å². The number of carbonyl (C=O) groups excluding carboxylic acids is 1. The number of terminal acetylenes is 1. The van der Waals surface area contributed by atoms with Crippen LogP contribution in [0.2, 0.25) is 0 Å². The van der Waals surface area contributed by atoms with Crippen LogP contribution in [0.25, 0.3) is 0 Å². The predicted octanol–water partition coefficient (Wildman–Crippen LogP) is 1.19. The Labute approximate surface area is 119 Å². The first-order valence-corrected chi connectivity index (χ1v) is 6.42. The van der Waals surface area contributed by atoms with Crippen LogP contribution in [0.3, 0.4) is 0 Å².